The van der Waals surface area contributed by atoms with Gasteiger partial charge in [-0.15, -0.1) is 0 Å². The molecule has 0 fully saturated rings. The summed E-state index contributed by atoms with van der Waals surface area (Å²) in [5, 5.41) is 6.36. The normalized spacial score (nSPS) is 11.3. The van der Waals surface area contributed by atoms with E-state index < -0.39 is 10.0 Å². The molecule has 7 heteroatoms. The highest BCUT2D eigenvalue weighted by Gasteiger charge is 2.16. The highest BCUT2D eigenvalue weighted by atomic mass is 32.2. The van der Waals surface area contributed by atoms with E-state index in [9.17, 15) is 8.42 Å². The first-order valence-corrected chi connectivity index (χ1v) is 7.27. The zero-order chi connectivity index (χ0) is 13.9. The Bertz CT molecular complexity index is 647. The number of H-pyrrole nitrogens is 1. The Morgan fingerprint density at radius 2 is 2.00 bits per heavy atom. The molecular formula is C12H15N3O3S. The van der Waals surface area contributed by atoms with Crippen LogP contribution >= 0.6 is 0 Å². The fourth-order valence-corrected chi connectivity index (χ4v) is 2.61. The van der Waals surface area contributed by atoms with Gasteiger partial charge in [-0.3, -0.25) is 9.82 Å². The summed E-state index contributed by atoms with van der Waals surface area (Å²) < 4.78 is 32.0. The van der Waals surface area contributed by atoms with Gasteiger partial charge in [0.1, 0.15) is 11.6 Å². The number of anilines is 1. The minimum absolute atomic E-state index is 0.171. The molecule has 0 bridgehead atoms. The van der Waals surface area contributed by atoms with Gasteiger partial charge in [0.25, 0.3) is 10.0 Å². The summed E-state index contributed by atoms with van der Waals surface area (Å²) >= 11 is 0. The van der Waals surface area contributed by atoms with E-state index in [1.807, 2.05) is 6.92 Å². The van der Waals surface area contributed by atoms with Gasteiger partial charge >= 0.3 is 0 Å². The molecule has 0 aliphatic heterocycles. The SMILES string of the molecule is CCOc1ccc(S(=O)(=O)Nc2[nH]ncc2C)cc1. The van der Waals surface area contributed by atoms with Crippen molar-refractivity contribution in [1.82, 2.24) is 10.2 Å². The van der Waals surface area contributed by atoms with Crippen molar-refractivity contribution in [1.29, 1.82) is 0 Å². The minimum atomic E-state index is -3.61. The molecule has 2 rings (SSSR count). The predicted octanol–water partition coefficient (Wildman–Crippen LogP) is 1.92. The standard InChI is InChI=1S/C12H15N3O3S/c1-3-18-10-4-6-11(7-5-10)19(16,17)15-12-9(2)8-13-14-12/h4-8H,3H2,1-2H3,(H2,13,14,15). The summed E-state index contributed by atoms with van der Waals surface area (Å²) in [6.45, 7) is 4.17. The van der Waals surface area contributed by atoms with Crippen LogP contribution in [0.3, 0.4) is 0 Å². The lowest BCUT2D eigenvalue weighted by atomic mass is 10.3. The lowest BCUT2D eigenvalue weighted by molar-refractivity contribution is 0.340. The molecule has 0 atom stereocenters. The zero-order valence-corrected chi connectivity index (χ0v) is 11.5. The number of hydrogen-bond acceptors (Lipinski definition) is 4. The molecule has 2 aromatic rings. The topological polar surface area (TPSA) is 84.1 Å². The van der Waals surface area contributed by atoms with Gasteiger partial charge in [-0.05, 0) is 38.1 Å². The molecule has 1 aromatic heterocycles. The Morgan fingerprint density at radius 3 is 2.53 bits per heavy atom. The van der Waals surface area contributed by atoms with Crippen LogP contribution in [-0.4, -0.2) is 25.2 Å². The summed E-state index contributed by atoms with van der Waals surface area (Å²) in [7, 11) is -3.61. The van der Waals surface area contributed by atoms with E-state index in [4.69, 9.17) is 4.74 Å². The molecule has 19 heavy (non-hydrogen) atoms. The second-order valence-electron chi connectivity index (χ2n) is 3.94. The van der Waals surface area contributed by atoms with Crippen LogP contribution in [0.2, 0.25) is 0 Å². The highest BCUT2D eigenvalue weighted by molar-refractivity contribution is 7.92. The Labute approximate surface area is 111 Å². The Balaban J connectivity index is 2.22. The third kappa shape index (κ3) is 3.05. The van der Waals surface area contributed by atoms with E-state index in [2.05, 4.69) is 14.9 Å². The van der Waals surface area contributed by atoms with Crippen molar-refractivity contribution in [2.24, 2.45) is 0 Å². The molecule has 0 saturated carbocycles. The summed E-state index contributed by atoms with van der Waals surface area (Å²) in [6, 6.07) is 6.24. The molecule has 1 aromatic carbocycles. The van der Waals surface area contributed by atoms with Crippen LogP contribution in [0.15, 0.2) is 35.4 Å². The maximum Gasteiger partial charge on any atom is 0.263 e. The number of rotatable bonds is 5. The van der Waals surface area contributed by atoms with Crippen LogP contribution in [0.5, 0.6) is 5.75 Å². The monoisotopic (exact) mass is 281 g/mol. The molecule has 2 N–H and O–H groups in total. The van der Waals surface area contributed by atoms with Crippen molar-refractivity contribution in [3.8, 4) is 5.75 Å². The molecule has 0 radical (unpaired) electrons. The Kier molecular flexibility index (Phi) is 3.75. The van der Waals surface area contributed by atoms with Crippen molar-refractivity contribution < 1.29 is 13.2 Å². The molecule has 0 saturated heterocycles. The Morgan fingerprint density at radius 1 is 1.32 bits per heavy atom. The van der Waals surface area contributed by atoms with Crippen LogP contribution in [0, 0.1) is 6.92 Å². The first-order chi connectivity index (χ1) is 9.03. The van der Waals surface area contributed by atoms with Gasteiger partial charge in [-0.25, -0.2) is 8.42 Å². The summed E-state index contributed by atoms with van der Waals surface area (Å²) in [6.07, 6.45) is 1.55. The van der Waals surface area contributed by atoms with E-state index in [0.717, 1.165) is 5.56 Å². The second-order valence-corrected chi connectivity index (χ2v) is 5.62. The molecular weight excluding hydrogens is 266 g/mol. The lowest BCUT2D eigenvalue weighted by Crippen LogP contribution is -2.13. The van der Waals surface area contributed by atoms with Crippen LogP contribution in [-0.2, 0) is 10.0 Å². The number of sulfonamides is 1. The third-order valence-corrected chi connectivity index (χ3v) is 3.88. The minimum Gasteiger partial charge on any atom is -0.494 e. The van der Waals surface area contributed by atoms with Gasteiger partial charge in [0, 0.05) is 5.56 Å². The van der Waals surface area contributed by atoms with Crippen molar-refractivity contribution in [2.75, 3.05) is 11.3 Å². The van der Waals surface area contributed by atoms with Crippen molar-refractivity contribution in [3.05, 3.63) is 36.0 Å². The molecule has 6 nitrogen and oxygen atoms in total. The third-order valence-electron chi connectivity index (χ3n) is 2.51. The first kappa shape index (κ1) is 13.4. The van der Waals surface area contributed by atoms with Crippen molar-refractivity contribution in [3.63, 3.8) is 0 Å². The summed E-state index contributed by atoms with van der Waals surface area (Å²) in [5.74, 6) is 1.01. The fourth-order valence-electron chi connectivity index (χ4n) is 1.52. The van der Waals surface area contributed by atoms with E-state index in [1.165, 1.54) is 12.1 Å². The van der Waals surface area contributed by atoms with Gasteiger partial charge in [-0.2, -0.15) is 5.10 Å². The van der Waals surface area contributed by atoms with Crippen LogP contribution in [0.1, 0.15) is 12.5 Å². The quantitative estimate of drug-likeness (QED) is 0.877. The van der Waals surface area contributed by atoms with Gasteiger partial charge in [0.2, 0.25) is 0 Å². The van der Waals surface area contributed by atoms with E-state index in [1.54, 1.807) is 25.3 Å². The molecule has 102 valence electrons. The van der Waals surface area contributed by atoms with Crippen LogP contribution in [0.25, 0.3) is 0 Å². The maximum atomic E-state index is 12.1. The largest absolute Gasteiger partial charge is 0.494 e. The molecule has 0 unspecified atom stereocenters. The zero-order valence-electron chi connectivity index (χ0n) is 10.7. The van der Waals surface area contributed by atoms with Gasteiger partial charge in [-0.1, -0.05) is 0 Å². The van der Waals surface area contributed by atoms with Crippen LogP contribution < -0.4 is 9.46 Å². The summed E-state index contributed by atoms with van der Waals surface area (Å²) in [4.78, 5) is 0.171. The predicted molar refractivity (Wildman–Crippen MR) is 71.7 cm³/mol. The average molecular weight is 281 g/mol. The van der Waals surface area contributed by atoms with E-state index in [0.29, 0.717) is 18.2 Å². The molecule has 1 heterocycles. The number of benzene rings is 1. The number of hydrogen-bond donors (Lipinski definition) is 2. The van der Waals surface area contributed by atoms with Crippen molar-refractivity contribution >= 4 is 15.8 Å². The van der Waals surface area contributed by atoms with E-state index >= 15 is 0 Å². The van der Waals surface area contributed by atoms with Gasteiger partial charge in [0.05, 0.1) is 17.7 Å². The molecule has 0 aliphatic carbocycles. The van der Waals surface area contributed by atoms with Crippen LogP contribution in [0.4, 0.5) is 5.82 Å². The second kappa shape index (κ2) is 5.31. The number of aryl methyl sites for hydroxylation is 1. The number of aromatic nitrogens is 2. The molecule has 0 spiro atoms. The lowest BCUT2D eigenvalue weighted by Gasteiger charge is -2.08. The number of ether oxygens (including phenoxy) is 1. The smallest absolute Gasteiger partial charge is 0.263 e. The molecule has 0 aliphatic rings. The first-order valence-electron chi connectivity index (χ1n) is 5.78. The maximum absolute atomic E-state index is 12.1. The van der Waals surface area contributed by atoms with Gasteiger partial charge in [0.15, 0.2) is 0 Å². The van der Waals surface area contributed by atoms with E-state index in [-0.39, 0.29) is 4.90 Å². The number of nitrogens with zero attached hydrogens (tertiary/aromatic N) is 1. The molecule has 0 amide bonds. The Hall–Kier alpha value is -2.02. The number of nitrogens with one attached hydrogen (secondary N) is 2. The summed E-state index contributed by atoms with van der Waals surface area (Å²) in [5.41, 5.74) is 0.731. The van der Waals surface area contributed by atoms with Crippen molar-refractivity contribution in [2.45, 2.75) is 18.7 Å². The number of aromatic amines is 1. The van der Waals surface area contributed by atoms with Gasteiger partial charge < -0.3 is 4.74 Å². The fraction of sp³-hybridized carbons (Fsp3) is 0.250. The average Bonchev–Trinajstić information content (AvgIpc) is 2.75. The highest BCUT2D eigenvalue weighted by Crippen LogP contribution is 2.19.